The van der Waals surface area contributed by atoms with Crippen LogP contribution in [0.25, 0.3) is 0 Å². The molecule has 1 amide bonds. The molecular weight excluding hydrogens is 202 g/mol. The van der Waals surface area contributed by atoms with Crippen LogP contribution in [0.15, 0.2) is 0 Å². The fourth-order valence-corrected chi connectivity index (χ4v) is 2.09. The van der Waals surface area contributed by atoms with Gasteiger partial charge in [-0.1, -0.05) is 13.3 Å². The Kier molecular flexibility index (Phi) is 5.77. The van der Waals surface area contributed by atoms with Crippen molar-refractivity contribution in [2.45, 2.75) is 64.5 Å². The molecule has 3 N–H and O–H groups in total. The molecule has 1 rings (SSSR count). The van der Waals surface area contributed by atoms with Crippen molar-refractivity contribution >= 4 is 5.91 Å². The second-order valence-electron chi connectivity index (χ2n) is 4.78. The summed E-state index contributed by atoms with van der Waals surface area (Å²) in [6.07, 6.45) is 6.59. The molecule has 1 unspecified atom stereocenters. The maximum atomic E-state index is 11.1. The van der Waals surface area contributed by atoms with Crippen LogP contribution in [0.2, 0.25) is 0 Å². The molecule has 0 heterocycles. The van der Waals surface area contributed by atoms with Gasteiger partial charge in [-0.05, 0) is 39.2 Å². The van der Waals surface area contributed by atoms with E-state index in [-0.39, 0.29) is 5.91 Å². The molecule has 1 aliphatic carbocycles. The van der Waals surface area contributed by atoms with E-state index in [9.17, 15) is 4.79 Å². The Morgan fingerprint density at radius 2 is 2.25 bits per heavy atom. The number of hydrogen-bond donors (Lipinski definition) is 2. The summed E-state index contributed by atoms with van der Waals surface area (Å²) in [5.41, 5.74) is 2.19. The Hall–Kier alpha value is -0.610. The minimum atomic E-state index is -0.0573. The number of nitrogens with one attached hydrogen (secondary N) is 1. The minimum Gasteiger partial charge on any atom is -0.298 e. The highest BCUT2D eigenvalue weighted by atomic mass is 16.2. The molecule has 0 aliphatic heterocycles. The first-order chi connectivity index (χ1) is 7.69. The van der Waals surface area contributed by atoms with Gasteiger partial charge < -0.3 is 0 Å². The van der Waals surface area contributed by atoms with E-state index in [1.165, 1.54) is 32.2 Å². The first kappa shape index (κ1) is 13.5. The molecule has 16 heavy (non-hydrogen) atoms. The van der Waals surface area contributed by atoms with Crippen LogP contribution < -0.4 is 11.3 Å². The summed E-state index contributed by atoms with van der Waals surface area (Å²) < 4.78 is 0. The number of nitrogens with two attached hydrogens (primary N) is 1. The zero-order valence-electron chi connectivity index (χ0n) is 10.5. The lowest BCUT2D eigenvalue weighted by molar-refractivity contribution is -0.121. The van der Waals surface area contributed by atoms with E-state index in [1.807, 2.05) is 0 Å². The van der Waals surface area contributed by atoms with Crippen molar-refractivity contribution in [2.24, 2.45) is 5.84 Å². The highest BCUT2D eigenvalue weighted by molar-refractivity contribution is 5.75. The molecule has 0 aromatic heterocycles. The zero-order valence-corrected chi connectivity index (χ0v) is 10.5. The van der Waals surface area contributed by atoms with Gasteiger partial charge in [0, 0.05) is 18.5 Å². The second kappa shape index (κ2) is 6.86. The molecule has 0 spiro atoms. The average molecular weight is 227 g/mol. The summed E-state index contributed by atoms with van der Waals surface area (Å²) in [5, 5.41) is 0. The fourth-order valence-electron chi connectivity index (χ4n) is 2.09. The summed E-state index contributed by atoms with van der Waals surface area (Å²) in [4.78, 5) is 13.6. The number of nitrogens with zero attached hydrogens (tertiary/aromatic N) is 1. The molecule has 0 bridgehead atoms. The number of hydrazine groups is 1. The second-order valence-corrected chi connectivity index (χ2v) is 4.78. The van der Waals surface area contributed by atoms with E-state index in [0.717, 1.165) is 12.5 Å². The highest BCUT2D eigenvalue weighted by Gasteiger charge is 2.31. The number of amides is 1. The van der Waals surface area contributed by atoms with Crippen LogP contribution in [0.3, 0.4) is 0 Å². The SMILES string of the molecule is CCCCN(C(C)CCC(=O)NN)C1CC1. The highest BCUT2D eigenvalue weighted by Crippen LogP contribution is 2.29. The molecule has 4 heteroatoms. The van der Waals surface area contributed by atoms with Gasteiger partial charge in [0.25, 0.3) is 0 Å². The molecule has 0 saturated heterocycles. The van der Waals surface area contributed by atoms with Gasteiger partial charge in [0.15, 0.2) is 0 Å². The standard InChI is InChI=1S/C12H25N3O/c1-3-4-9-15(11-6-7-11)10(2)5-8-12(16)14-13/h10-11H,3-9,13H2,1-2H3,(H,14,16). The van der Waals surface area contributed by atoms with Crippen molar-refractivity contribution in [2.75, 3.05) is 6.54 Å². The normalized spacial score (nSPS) is 17.5. The Labute approximate surface area is 98.5 Å². The predicted octanol–water partition coefficient (Wildman–Crippen LogP) is 1.41. The lowest BCUT2D eigenvalue weighted by atomic mass is 10.1. The Bertz CT molecular complexity index is 216. The van der Waals surface area contributed by atoms with Crippen LogP contribution >= 0.6 is 0 Å². The number of carbonyl (C=O) groups is 1. The molecule has 4 nitrogen and oxygen atoms in total. The van der Waals surface area contributed by atoms with Crippen LogP contribution in [-0.4, -0.2) is 29.4 Å². The summed E-state index contributed by atoms with van der Waals surface area (Å²) in [7, 11) is 0. The number of hydrogen-bond acceptors (Lipinski definition) is 3. The van der Waals surface area contributed by atoms with Gasteiger partial charge in [0.05, 0.1) is 0 Å². The molecule has 94 valence electrons. The molecule has 1 aliphatic rings. The van der Waals surface area contributed by atoms with Crippen LogP contribution in [-0.2, 0) is 4.79 Å². The van der Waals surface area contributed by atoms with Crippen molar-refractivity contribution < 1.29 is 4.79 Å². The average Bonchev–Trinajstić information content (AvgIpc) is 3.10. The van der Waals surface area contributed by atoms with E-state index in [1.54, 1.807) is 0 Å². The topological polar surface area (TPSA) is 58.4 Å². The van der Waals surface area contributed by atoms with E-state index in [0.29, 0.717) is 12.5 Å². The third kappa shape index (κ3) is 4.49. The third-order valence-corrected chi connectivity index (χ3v) is 3.30. The molecule has 1 atom stereocenters. The molecular formula is C12H25N3O. The van der Waals surface area contributed by atoms with Gasteiger partial charge >= 0.3 is 0 Å². The lowest BCUT2D eigenvalue weighted by Gasteiger charge is -2.29. The van der Waals surface area contributed by atoms with Crippen molar-refractivity contribution in [1.29, 1.82) is 0 Å². The van der Waals surface area contributed by atoms with Gasteiger partial charge in [-0.15, -0.1) is 0 Å². The number of carbonyl (C=O) groups excluding carboxylic acids is 1. The Morgan fingerprint density at radius 1 is 1.56 bits per heavy atom. The van der Waals surface area contributed by atoms with Crippen molar-refractivity contribution in [3.05, 3.63) is 0 Å². The largest absolute Gasteiger partial charge is 0.298 e. The van der Waals surface area contributed by atoms with Crippen LogP contribution in [0.4, 0.5) is 0 Å². The van der Waals surface area contributed by atoms with Crippen LogP contribution in [0.5, 0.6) is 0 Å². The molecule has 1 saturated carbocycles. The zero-order chi connectivity index (χ0) is 12.0. The monoisotopic (exact) mass is 227 g/mol. The van der Waals surface area contributed by atoms with Crippen LogP contribution in [0.1, 0.15) is 52.4 Å². The van der Waals surface area contributed by atoms with Gasteiger partial charge in [-0.25, -0.2) is 5.84 Å². The minimum absolute atomic E-state index is 0.0573. The fraction of sp³-hybridized carbons (Fsp3) is 0.917. The maximum Gasteiger partial charge on any atom is 0.233 e. The van der Waals surface area contributed by atoms with Gasteiger partial charge in [-0.2, -0.15) is 0 Å². The van der Waals surface area contributed by atoms with Crippen molar-refractivity contribution in [3.63, 3.8) is 0 Å². The van der Waals surface area contributed by atoms with E-state index >= 15 is 0 Å². The summed E-state index contributed by atoms with van der Waals surface area (Å²) >= 11 is 0. The first-order valence-electron chi connectivity index (χ1n) is 6.44. The molecule has 0 aromatic carbocycles. The molecule has 0 radical (unpaired) electrons. The Morgan fingerprint density at radius 3 is 2.75 bits per heavy atom. The van der Waals surface area contributed by atoms with E-state index in [2.05, 4.69) is 24.2 Å². The number of rotatable bonds is 8. The smallest absolute Gasteiger partial charge is 0.233 e. The van der Waals surface area contributed by atoms with Gasteiger partial charge in [-0.3, -0.25) is 15.1 Å². The van der Waals surface area contributed by atoms with Crippen LogP contribution in [0, 0.1) is 0 Å². The summed E-state index contributed by atoms with van der Waals surface area (Å²) in [5.74, 6) is 5.02. The Balaban J connectivity index is 2.29. The molecule has 0 aromatic rings. The first-order valence-corrected chi connectivity index (χ1v) is 6.44. The maximum absolute atomic E-state index is 11.1. The summed E-state index contributed by atoms with van der Waals surface area (Å²) in [6.45, 7) is 5.61. The lowest BCUT2D eigenvalue weighted by Crippen LogP contribution is -2.37. The van der Waals surface area contributed by atoms with Gasteiger partial charge in [0.2, 0.25) is 5.91 Å². The third-order valence-electron chi connectivity index (χ3n) is 3.30. The molecule has 1 fully saturated rings. The summed E-state index contributed by atoms with van der Waals surface area (Å²) in [6, 6.07) is 1.28. The van der Waals surface area contributed by atoms with Crippen molar-refractivity contribution in [1.82, 2.24) is 10.3 Å². The van der Waals surface area contributed by atoms with Crippen molar-refractivity contribution in [3.8, 4) is 0 Å². The quantitative estimate of drug-likeness (QED) is 0.374. The van der Waals surface area contributed by atoms with Gasteiger partial charge in [0.1, 0.15) is 0 Å². The van der Waals surface area contributed by atoms with E-state index in [4.69, 9.17) is 5.84 Å². The predicted molar refractivity (Wildman–Crippen MR) is 65.7 cm³/mol. The number of unbranched alkanes of at least 4 members (excludes halogenated alkanes) is 1. The van der Waals surface area contributed by atoms with E-state index < -0.39 is 0 Å².